The number of hydrogen-bond acceptors (Lipinski definition) is 1. The summed E-state index contributed by atoms with van der Waals surface area (Å²) < 4.78 is 0. The van der Waals surface area contributed by atoms with Gasteiger partial charge >= 0.3 is 106 Å². The quantitative estimate of drug-likeness (QED) is 0.325. The molecule has 0 aliphatic rings. The van der Waals surface area contributed by atoms with Crippen molar-refractivity contribution >= 4 is 35.2 Å². The number of rotatable bonds is 0. The second kappa shape index (κ2) is 5.47. The van der Waals surface area contributed by atoms with Crippen LogP contribution >= 0.6 is 0 Å². The summed E-state index contributed by atoms with van der Waals surface area (Å²) in [6.07, 6.45) is 0. The zero-order valence-corrected chi connectivity index (χ0v) is 12.0. The first-order valence-electron chi connectivity index (χ1n) is 3.75. The van der Waals surface area contributed by atoms with E-state index in [9.17, 15) is 0 Å². The third-order valence-corrected chi connectivity index (χ3v) is 4.31. The molecule has 13 heavy (non-hydrogen) atoms. The molecule has 0 atom stereocenters. The van der Waals surface area contributed by atoms with Gasteiger partial charge in [0.05, 0.1) is 0 Å². The summed E-state index contributed by atoms with van der Waals surface area (Å²) in [5.41, 5.74) is 4.41. The maximum atomic E-state index is 5.13. The number of hydrogen-bond donors (Lipinski definition) is 0. The molecule has 4 heteroatoms. The zero-order chi connectivity index (χ0) is 9.19. The molecule has 1 heterocycles. The molecule has 0 bridgehead atoms. The van der Waals surface area contributed by atoms with Crippen molar-refractivity contribution in [3.05, 3.63) is 15.4 Å². The molecule has 0 radical (unpaired) electrons. The molecule has 0 saturated carbocycles. The van der Waals surface area contributed by atoms with Crippen molar-refractivity contribution in [3.63, 3.8) is 0 Å². The Labute approximate surface area is 105 Å². The van der Waals surface area contributed by atoms with Crippen LogP contribution in [0.4, 0.5) is 0 Å². The van der Waals surface area contributed by atoms with Gasteiger partial charge in [-0.2, -0.15) is 0 Å². The molecule has 0 aliphatic carbocycles. The van der Waals surface area contributed by atoms with E-state index in [1.807, 2.05) is 0 Å². The Balaban J connectivity index is 0.00000144. The Hall–Kier alpha value is 0.594. The van der Waals surface area contributed by atoms with E-state index in [1.54, 1.807) is 0 Å². The first kappa shape index (κ1) is 13.6. The Morgan fingerprint density at radius 1 is 1.31 bits per heavy atom. The van der Waals surface area contributed by atoms with Gasteiger partial charge < -0.3 is 0 Å². The summed E-state index contributed by atoms with van der Waals surface area (Å²) in [5, 5.41) is 0. The molecule has 0 aliphatic heterocycles. The summed E-state index contributed by atoms with van der Waals surface area (Å²) in [5.74, 6) is 3.19. The molecular formula is C9H11LiSSeSi. The normalized spacial score (nSPS) is 9.77. The van der Waals surface area contributed by atoms with Crippen LogP contribution in [-0.2, 0) is 12.6 Å². The predicted octanol–water partition coefficient (Wildman–Crippen LogP) is -1.12. The average Bonchev–Trinajstić information content (AvgIpc) is 2.29. The molecule has 0 nitrogen and oxygen atoms in total. The minimum Gasteiger partial charge on any atom is 1.00 e. The summed E-state index contributed by atoms with van der Waals surface area (Å²) in [4.78, 5) is 5.24. The fourth-order valence-corrected chi connectivity index (χ4v) is 3.05. The van der Waals surface area contributed by atoms with E-state index in [0.717, 1.165) is 10.5 Å². The van der Waals surface area contributed by atoms with Gasteiger partial charge in [-0.25, -0.2) is 0 Å². The van der Waals surface area contributed by atoms with Crippen LogP contribution in [0.3, 0.4) is 0 Å². The third-order valence-electron chi connectivity index (χ3n) is 1.20. The van der Waals surface area contributed by atoms with E-state index in [-0.39, 0.29) is 18.9 Å². The molecule has 1 rings (SSSR count). The van der Waals surface area contributed by atoms with Gasteiger partial charge in [0.25, 0.3) is 0 Å². The van der Waals surface area contributed by atoms with Crippen LogP contribution in [0.15, 0.2) is 14.8 Å². The van der Waals surface area contributed by atoms with Crippen LogP contribution in [0, 0.1) is 11.5 Å². The van der Waals surface area contributed by atoms with Gasteiger partial charge in [-0.05, 0) is 0 Å². The van der Waals surface area contributed by atoms with Gasteiger partial charge in [0.2, 0.25) is 0 Å². The topological polar surface area (TPSA) is 0 Å². The summed E-state index contributed by atoms with van der Waals surface area (Å²) in [7, 11) is -1.22. The van der Waals surface area contributed by atoms with E-state index in [0.29, 0.717) is 14.5 Å². The Kier molecular flexibility index (Phi) is 5.72. The Bertz CT molecular complexity index is 329. The van der Waals surface area contributed by atoms with E-state index in [2.05, 4.69) is 41.0 Å². The average molecular weight is 265 g/mol. The van der Waals surface area contributed by atoms with Crippen molar-refractivity contribution in [2.75, 3.05) is 0 Å². The molecule has 0 spiro atoms. The van der Waals surface area contributed by atoms with Crippen molar-refractivity contribution < 1.29 is 18.9 Å². The van der Waals surface area contributed by atoms with Crippen molar-refractivity contribution in [2.24, 2.45) is 0 Å². The van der Waals surface area contributed by atoms with Gasteiger partial charge in [-0.1, -0.05) is 0 Å². The predicted molar refractivity (Wildman–Crippen MR) is 59.2 cm³/mol. The molecule has 0 unspecified atom stereocenters. The van der Waals surface area contributed by atoms with Crippen LogP contribution in [0.1, 0.15) is 5.56 Å². The molecule has 64 valence electrons. The summed E-state index contributed by atoms with van der Waals surface area (Å²) in [6.45, 7) is 6.73. The fraction of sp³-hybridized carbons (Fsp3) is 0.333. The summed E-state index contributed by atoms with van der Waals surface area (Å²) in [6, 6.07) is 0. The smallest absolute Gasteiger partial charge is 1.00 e. The molecule has 1 aromatic rings. The van der Waals surface area contributed by atoms with Crippen LogP contribution in [0.5, 0.6) is 0 Å². The monoisotopic (exact) mass is 266 g/mol. The Morgan fingerprint density at radius 3 is 2.31 bits per heavy atom. The maximum Gasteiger partial charge on any atom is 1.00 e. The van der Waals surface area contributed by atoms with Gasteiger partial charge in [-0.15, -0.1) is 0 Å². The molecule has 0 saturated heterocycles. The van der Waals surface area contributed by atoms with Gasteiger partial charge in [-0.3, -0.25) is 0 Å². The van der Waals surface area contributed by atoms with E-state index in [1.165, 1.54) is 0 Å². The molecule has 0 amide bonds. The van der Waals surface area contributed by atoms with E-state index < -0.39 is 8.07 Å². The van der Waals surface area contributed by atoms with E-state index in [4.69, 9.17) is 12.6 Å². The first-order chi connectivity index (χ1) is 5.49. The van der Waals surface area contributed by atoms with Crippen LogP contribution in [-0.4, -0.2) is 22.6 Å². The minimum atomic E-state index is -1.22. The Morgan fingerprint density at radius 2 is 1.92 bits per heavy atom. The van der Waals surface area contributed by atoms with Crippen molar-refractivity contribution in [1.82, 2.24) is 0 Å². The molecule has 0 aromatic carbocycles. The van der Waals surface area contributed by atoms with Gasteiger partial charge in [0, 0.05) is 0 Å². The van der Waals surface area contributed by atoms with Gasteiger partial charge in [0.15, 0.2) is 0 Å². The minimum absolute atomic E-state index is 0. The summed E-state index contributed by atoms with van der Waals surface area (Å²) >= 11 is 5.61. The van der Waals surface area contributed by atoms with Crippen LogP contribution in [0.25, 0.3) is 0 Å². The van der Waals surface area contributed by atoms with Crippen molar-refractivity contribution in [1.29, 1.82) is 0 Å². The van der Waals surface area contributed by atoms with E-state index >= 15 is 0 Å². The fourth-order valence-electron chi connectivity index (χ4n) is 0.631. The zero-order valence-electron chi connectivity index (χ0n) is 8.47. The second-order valence-corrected chi connectivity index (χ2v) is 10.4. The largest absolute Gasteiger partial charge is 1.00 e. The van der Waals surface area contributed by atoms with Crippen LogP contribution in [0.2, 0.25) is 19.6 Å². The SMILES string of the molecule is C[Si](C)(C)C#Cc1c[se]cc1[S-].[Li+]. The molecule has 1 aromatic heterocycles. The molecular weight excluding hydrogens is 254 g/mol. The molecule has 0 fully saturated rings. The third kappa shape index (κ3) is 5.13. The molecule has 0 N–H and O–H groups in total. The van der Waals surface area contributed by atoms with Crippen LogP contribution < -0.4 is 18.9 Å². The maximum absolute atomic E-state index is 5.13. The standard InChI is InChI=1S/C9H12SSeSi.Li/c1-12(2,3)5-4-8-6-11-7-9(8)10;/h6-7,10H,1-3H3;/q;+1/p-1. The van der Waals surface area contributed by atoms with Gasteiger partial charge in [0.1, 0.15) is 0 Å². The second-order valence-electron chi connectivity index (χ2n) is 3.65. The first-order valence-corrected chi connectivity index (χ1v) is 9.64. The van der Waals surface area contributed by atoms with Crippen molar-refractivity contribution in [2.45, 2.75) is 24.5 Å². The van der Waals surface area contributed by atoms with Crippen molar-refractivity contribution in [3.8, 4) is 11.5 Å².